The number of amides is 1. The van der Waals surface area contributed by atoms with Gasteiger partial charge < -0.3 is 4.90 Å². The number of nitrogens with one attached hydrogen (secondary N) is 1. The number of hydrogen-bond donors (Lipinski definition) is 1. The van der Waals surface area contributed by atoms with Gasteiger partial charge in [0.1, 0.15) is 5.02 Å². The Morgan fingerprint density at radius 3 is 2.62 bits per heavy atom. The van der Waals surface area contributed by atoms with Gasteiger partial charge in [-0.2, -0.15) is 0 Å². The molecule has 10 heteroatoms. The number of carbonyl (C=O) groups excluding carboxylic acids is 1. The van der Waals surface area contributed by atoms with Crippen molar-refractivity contribution in [1.82, 2.24) is 9.62 Å². The molecule has 0 saturated heterocycles. The Labute approximate surface area is 126 Å². The highest BCUT2D eigenvalue weighted by Crippen LogP contribution is 2.26. The summed E-state index contributed by atoms with van der Waals surface area (Å²) < 4.78 is 26.1. The summed E-state index contributed by atoms with van der Waals surface area (Å²) in [6.45, 7) is 1.75. The molecule has 0 aliphatic carbocycles. The first-order valence-corrected chi connectivity index (χ1v) is 7.72. The van der Waals surface area contributed by atoms with Gasteiger partial charge in [0.05, 0.1) is 16.4 Å². The lowest BCUT2D eigenvalue weighted by atomic mass is 10.3. The zero-order valence-electron chi connectivity index (χ0n) is 11.4. The smallest absolute Gasteiger partial charge is 0.289 e. The normalized spacial score (nSPS) is 11.2. The van der Waals surface area contributed by atoms with Crippen molar-refractivity contribution >= 4 is 33.2 Å². The van der Waals surface area contributed by atoms with Gasteiger partial charge in [0.25, 0.3) is 5.69 Å². The first kappa shape index (κ1) is 17.3. The molecule has 0 heterocycles. The Kier molecular flexibility index (Phi) is 5.64. The van der Waals surface area contributed by atoms with E-state index in [1.165, 1.54) is 11.9 Å². The fraction of sp³-hybridized carbons (Fsp3) is 0.364. The van der Waals surface area contributed by atoms with Gasteiger partial charge in [-0.25, -0.2) is 13.1 Å². The number of nitrogens with zero attached hydrogens (tertiary/aromatic N) is 2. The molecular formula is C11H14ClN3O5S. The molecule has 0 fully saturated rings. The maximum atomic E-state index is 12.0. The second-order valence-corrected chi connectivity index (χ2v) is 6.28. The van der Waals surface area contributed by atoms with Gasteiger partial charge in [0, 0.05) is 19.7 Å². The summed E-state index contributed by atoms with van der Waals surface area (Å²) in [6.07, 6.45) is 0. The van der Waals surface area contributed by atoms with Crippen molar-refractivity contribution in [3.8, 4) is 0 Å². The molecule has 0 saturated carbocycles. The summed E-state index contributed by atoms with van der Waals surface area (Å²) in [7, 11) is -2.50. The van der Waals surface area contributed by atoms with Crippen LogP contribution in [0.2, 0.25) is 5.02 Å². The molecule has 0 atom stereocenters. The minimum atomic E-state index is -4.03. The van der Waals surface area contributed by atoms with Crippen LogP contribution in [0.4, 0.5) is 5.69 Å². The van der Waals surface area contributed by atoms with Crippen molar-refractivity contribution in [3.63, 3.8) is 0 Å². The second-order valence-electron chi connectivity index (χ2n) is 4.10. The average Bonchev–Trinajstić information content (AvgIpc) is 2.43. The van der Waals surface area contributed by atoms with Crippen LogP contribution < -0.4 is 4.72 Å². The van der Waals surface area contributed by atoms with Crippen LogP contribution in [-0.2, 0) is 14.8 Å². The van der Waals surface area contributed by atoms with Crippen LogP contribution in [0.15, 0.2) is 23.1 Å². The van der Waals surface area contributed by atoms with E-state index in [9.17, 15) is 23.3 Å². The molecule has 1 aromatic rings. The molecular weight excluding hydrogens is 322 g/mol. The second kappa shape index (κ2) is 6.83. The molecule has 8 nitrogen and oxygen atoms in total. The number of rotatable bonds is 6. The first-order chi connectivity index (χ1) is 9.69. The third kappa shape index (κ3) is 4.38. The Bertz CT molecular complexity index is 662. The minimum absolute atomic E-state index is 0.166. The molecule has 0 radical (unpaired) electrons. The van der Waals surface area contributed by atoms with Crippen LogP contribution in [0.1, 0.15) is 6.92 Å². The largest absolute Gasteiger partial charge is 0.345 e. The van der Waals surface area contributed by atoms with Crippen molar-refractivity contribution in [3.05, 3.63) is 33.3 Å². The zero-order valence-corrected chi connectivity index (χ0v) is 12.9. The highest BCUT2D eigenvalue weighted by molar-refractivity contribution is 7.89. The third-order valence-electron chi connectivity index (χ3n) is 2.74. The molecule has 1 N–H and O–H groups in total. The molecule has 0 spiro atoms. The third-order valence-corrected chi connectivity index (χ3v) is 4.46. The van der Waals surface area contributed by atoms with Crippen LogP contribution in [0.25, 0.3) is 0 Å². The van der Waals surface area contributed by atoms with Gasteiger partial charge in [-0.05, 0) is 19.1 Å². The number of halogens is 1. The number of likely N-dealkylation sites (N-methyl/N-ethyl adjacent to an activating group) is 1. The van der Waals surface area contributed by atoms with Crippen molar-refractivity contribution in [2.24, 2.45) is 0 Å². The molecule has 0 aliphatic heterocycles. The Morgan fingerprint density at radius 1 is 1.48 bits per heavy atom. The number of hydrogen-bond acceptors (Lipinski definition) is 5. The van der Waals surface area contributed by atoms with Crippen molar-refractivity contribution in [2.75, 3.05) is 20.1 Å². The number of benzene rings is 1. The molecule has 1 aromatic carbocycles. The monoisotopic (exact) mass is 335 g/mol. The Morgan fingerprint density at radius 2 is 2.10 bits per heavy atom. The fourth-order valence-electron chi connectivity index (χ4n) is 1.35. The highest BCUT2D eigenvalue weighted by atomic mass is 35.5. The van der Waals surface area contributed by atoms with E-state index in [1.54, 1.807) is 6.92 Å². The number of nitro groups is 1. The van der Waals surface area contributed by atoms with E-state index in [1.807, 2.05) is 0 Å². The lowest BCUT2D eigenvalue weighted by Gasteiger charge is -2.14. The van der Waals surface area contributed by atoms with E-state index in [4.69, 9.17) is 11.6 Å². The molecule has 0 bridgehead atoms. The summed E-state index contributed by atoms with van der Waals surface area (Å²) in [4.78, 5) is 22.5. The summed E-state index contributed by atoms with van der Waals surface area (Å²) in [6, 6.07) is 3.10. The van der Waals surface area contributed by atoms with E-state index >= 15 is 0 Å². The maximum absolute atomic E-state index is 12.0. The maximum Gasteiger partial charge on any atom is 0.289 e. The average molecular weight is 336 g/mol. The highest BCUT2D eigenvalue weighted by Gasteiger charge is 2.21. The van der Waals surface area contributed by atoms with Crippen molar-refractivity contribution in [2.45, 2.75) is 11.8 Å². The zero-order chi connectivity index (χ0) is 16.2. The van der Waals surface area contributed by atoms with Crippen LogP contribution in [0.3, 0.4) is 0 Å². The lowest BCUT2D eigenvalue weighted by molar-refractivity contribution is -0.384. The van der Waals surface area contributed by atoms with E-state index < -0.39 is 33.1 Å². The molecule has 1 amide bonds. The summed E-state index contributed by atoms with van der Waals surface area (Å²) >= 11 is 5.61. The van der Waals surface area contributed by atoms with Crippen LogP contribution >= 0.6 is 11.6 Å². The topological polar surface area (TPSA) is 110 Å². The molecule has 0 aliphatic rings. The van der Waals surface area contributed by atoms with Crippen molar-refractivity contribution < 1.29 is 18.1 Å². The van der Waals surface area contributed by atoms with Gasteiger partial charge >= 0.3 is 0 Å². The predicted octanol–water partition coefficient (Wildman–Crippen LogP) is 1.00. The van der Waals surface area contributed by atoms with Crippen LogP contribution in [0.5, 0.6) is 0 Å². The van der Waals surface area contributed by atoms with Gasteiger partial charge in [0.15, 0.2) is 0 Å². The Balaban J connectivity index is 2.96. The summed E-state index contributed by atoms with van der Waals surface area (Å²) in [5, 5.41) is 10.6. The molecule has 116 valence electrons. The summed E-state index contributed by atoms with van der Waals surface area (Å²) in [5.41, 5.74) is -0.517. The molecule has 21 heavy (non-hydrogen) atoms. The fourth-order valence-corrected chi connectivity index (χ4v) is 2.53. The number of sulfonamides is 1. The standard InChI is InChI=1S/C11H14ClN3O5S/c1-3-14(2)11(16)7-13-21(19,20)8-4-5-9(12)10(6-8)15(17)18/h4-6,13H,3,7H2,1-2H3. The van der Waals surface area contributed by atoms with Crippen LogP contribution in [-0.4, -0.2) is 44.3 Å². The van der Waals surface area contributed by atoms with Gasteiger partial charge in [-0.15, -0.1) is 0 Å². The van der Waals surface area contributed by atoms with Crippen molar-refractivity contribution in [1.29, 1.82) is 0 Å². The van der Waals surface area contributed by atoms with E-state index in [0.717, 1.165) is 18.2 Å². The molecule has 1 rings (SSSR count). The SMILES string of the molecule is CCN(C)C(=O)CNS(=O)(=O)c1ccc(Cl)c([N+](=O)[O-])c1. The molecule has 0 unspecified atom stereocenters. The van der Waals surface area contributed by atoms with Gasteiger partial charge in [-0.3, -0.25) is 14.9 Å². The molecule has 0 aromatic heterocycles. The number of nitro benzene ring substituents is 1. The summed E-state index contributed by atoms with van der Waals surface area (Å²) in [5.74, 6) is -0.412. The van der Waals surface area contributed by atoms with E-state index in [-0.39, 0.29) is 9.92 Å². The van der Waals surface area contributed by atoms with Crippen LogP contribution in [0, 0.1) is 10.1 Å². The first-order valence-electron chi connectivity index (χ1n) is 5.86. The van der Waals surface area contributed by atoms with E-state index in [0.29, 0.717) is 6.54 Å². The van der Waals surface area contributed by atoms with Gasteiger partial charge in [0.2, 0.25) is 15.9 Å². The van der Waals surface area contributed by atoms with Gasteiger partial charge in [-0.1, -0.05) is 11.6 Å². The predicted molar refractivity (Wildman–Crippen MR) is 76.6 cm³/mol. The van der Waals surface area contributed by atoms with E-state index in [2.05, 4.69) is 4.72 Å². The number of carbonyl (C=O) groups is 1. The minimum Gasteiger partial charge on any atom is -0.345 e. The lowest BCUT2D eigenvalue weighted by Crippen LogP contribution is -2.37. The quantitative estimate of drug-likeness (QED) is 0.616. The Hall–Kier alpha value is -1.71.